The van der Waals surface area contributed by atoms with Crippen molar-refractivity contribution < 1.29 is 19.3 Å². The van der Waals surface area contributed by atoms with Gasteiger partial charge in [-0.25, -0.2) is 0 Å². The highest BCUT2D eigenvalue weighted by atomic mass is 16.7. The van der Waals surface area contributed by atoms with Crippen molar-refractivity contribution in [3.63, 3.8) is 0 Å². The Balaban J connectivity index is -0.000000181. The smallest absolute Gasteiger partial charge is 0.154 e. The van der Waals surface area contributed by atoms with E-state index in [0.717, 1.165) is 13.2 Å². The second kappa shape index (κ2) is 24.0. The summed E-state index contributed by atoms with van der Waals surface area (Å²) in [5.41, 5.74) is 0. The van der Waals surface area contributed by atoms with Crippen LogP contribution < -0.4 is 0 Å². The highest BCUT2D eigenvalue weighted by molar-refractivity contribution is 4.51. The summed E-state index contributed by atoms with van der Waals surface area (Å²) in [6.45, 7) is 13.1. The lowest BCUT2D eigenvalue weighted by atomic mass is 10.7. The Hall–Kier alpha value is -0.420. The Kier molecular flexibility index (Phi) is 31.4. The zero-order valence-electron chi connectivity index (χ0n) is 11.4. The first-order valence-electron chi connectivity index (χ1n) is 5.54. The Bertz CT molecular complexity index is 99.2. The summed E-state index contributed by atoms with van der Waals surface area (Å²) in [6, 6.07) is 0. The molecule has 16 heavy (non-hydrogen) atoms. The molecule has 4 nitrogen and oxygen atoms in total. The highest BCUT2D eigenvalue weighted by Crippen LogP contribution is 1.90. The normalized spacial score (nSPS) is 8.69. The lowest BCUT2D eigenvalue weighted by Crippen LogP contribution is -2.11. The molecule has 0 heterocycles. The second-order valence-electron chi connectivity index (χ2n) is 2.60. The molecule has 0 aliphatic carbocycles. The van der Waals surface area contributed by atoms with Gasteiger partial charge in [0.05, 0.1) is 13.2 Å². The van der Waals surface area contributed by atoms with Crippen LogP contribution in [-0.2, 0) is 14.2 Å². The molecule has 0 rings (SSSR count). The predicted molar refractivity (Wildman–Crippen MR) is 67.5 cm³/mol. The lowest BCUT2D eigenvalue weighted by Gasteiger charge is -2.09. The van der Waals surface area contributed by atoms with Gasteiger partial charge in [0.25, 0.3) is 0 Å². The van der Waals surface area contributed by atoms with Crippen molar-refractivity contribution in [3.8, 4) is 0 Å². The molecule has 0 fully saturated rings. The van der Waals surface area contributed by atoms with Crippen LogP contribution in [0, 0.1) is 0 Å². The van der Waals surface area contributed by atoms with E-state index in [1.807, 2.05) is 27.7 Å². The molecule has 0 amide bonds. The van der Waals surface area contributed by atoms with Crippen LogP contribution in [0.25, 0.3) is 0 Å². The van der Waals surface area contributed by atoms with E-state index in [9.17, 15) is 0 Å². The summed E-state index contributed by atoms with van der Waals surface area (Å²) >= 11 is 0. The van der Waals surface area contributed by atoms with Gasteiger partial charge < -0.3 is 19.3 Å². The maximum atomic E-state index is 7.94. The molecule has 0 aliphatic rings. The maximum Gasteiger partial charge on any atom is 0.154 e. The fourth-order valence-corrected chi connectivity index (χ4v) is 0.609. The molecular formula is C12H28O4. The zero-order valence-corrected chi connectivity index (χ0v) is 11.4. The number of methoxy groups -OCH3 is 1. The van der Waals surface area contributed by atoms with Crippen LogP contribution in [0.2, 0.25) is 0 Å². The minimum absolute atomic E-state index is 0.0370. The van der Waals surface area contributed by atoms with Gasteiger partial charge in [0.2, 0.25) is 0 Å². The Morgan fingerprint density at radius 1 is 1.25 bits per heavy atom. The molecule has 0 bridgehead atoms. The van der Waals surface area contributed by atoms with Crippen LogP contribution in [-0.4, -0.2) is 44.9 Å². The molecule has 0 aromatic carbocycles. The van der Waals surface area contributed by atoms with Crippen molar-refractivity contribution in [2.45, 2.75) is 34.0 Å². The third kappa shape index (κ3) is 37.4. The number of ether oxygens (including phenoxy) is 3. The third-order valence-electron chi connectivity index (χ3n) is 1.10. The van der Waals surface area contributed by atoms with Crippen molar-refractivity contribution in [2.75, 3.05) is 33.5 Å². The van der Waals surface area contributed by atoms with Crippen LogP contribution in [0.5, 0.6) is 0 Å². The fraction of sp³-hybridized carbons (Fsp3) is 0.833. The third-order valence-corrected chi connectivity index (χ3v) is 1.10. The van der Waals surface area contributed by atoms with E-state index in [1.54, 1.807) is 13.2 Å². The minimum atomic E-state index is -0.0370. The molecule has 0 aromatic heterocycles. The van der Waals surface area contributed by atoms with Gasteiger partial charge in [-0.2, -0.15) is 0 Å². The predicted octanol–water partition coefficient (Wildman–Crippen LogP) is 2.22. The van der Waals surface area contributed by atoms with Crippen molar-refractivity contribution in [2.24, 2.45) is 0 Å². The molecule has 4 heteroatoms. The molecular weight excluding hydrogens is 208 g/mol. The minimum Gasteiger partial charge on any atom is -0.394 e. The molecule has 0 saturated heterocycles. The fourth-order valence-electron chi connectivity index (χ4n) is 0.609. The number of aliphatic hydroxyl groups is 1. The van der Waals surface area contributed by atoms with Crippen molar-refractivity contribution in [1.29, 1.82) is 0 Å². The van der Waals surface area contributed by atoms with Crippen LogP contribution in [0.1, 0.15) is 27.7 Å². The number of hydrogen-bond donors (Lipinski definition) is 1. The van der Waals surface area contributed by atoms with Crippen LogP contribution in [0.15, 0.2) is 12.7 Å². The number of rotatable bonds is 6. The summed E-state index contributed by atoms with van der Waals surface area (Å²) in [5.74, 6) is 0. The van der Waals surface area contributed by atoms with Gasteiger partial charge in [0.15, 0.2) is 6.29 Å². The largest absolute Gasteiger partial charge is 0.394 e. The van der Waals surface area contributed by atoms with Crippen molar-refractivity contribution >= 4 is 0 Å². The monoisotopic (exact) mass is 236 g/mol. The SMILES string of the molecule is C=CC.CCOC(C)OCC.COCCO. The molecule has 0 radical (unpaired) electrons. The molecule has 0 unspecified atom stereocenters. The molecule has 100 valence electrons. The molecule has 1 N–H and O–H groups in total. The van der Waals surface area contributed by atoms with Gasteiger partial charge in [-0.3, -0.25) is 0 Å². The first-order chi connectivity index (χ1) is 7.64. The molecule has 0 aromatic rings. The average molecular weight is 236 g/mol. The van der Waals surface area contributed by atoms with E-state index in [2.05, 4.69) is 11.3 Å². The van der Waals surface area contributed by atoms with Gasteiger partial charge in [0.1, 0.15) is 0 Å². The number of allylic oxidation sites excluding steroid dienone is 1. The van der Waals surface area contributed by atoms with Gasteiger partial charge in [-0.1, -0.05) is 6.08 Å². The van der Waals surface area contributed by atoms with Gasteiger partial charge in [-0.05, 0) is 27.7 Å². The van der Waals surface area contributed by atoms with Crippen molar-refractivity contribution in [3.05, 3.63) is 12.7 Å². The topological polar surface area (TPSA) is 47.9 Å². The van der Waals surface area contributed by atoms with Gasteiger partial charge in [0, 0.05) is 20.3 Å². The molecule has 0 atom stereocenters. The summed E-state index contributed by atoms with van der Waals surface area (Å²) < 4.78 is 14.6. The first-order valence-corrected chi connectivity index (χ1v) is 5.54. The van der Waals surface area contributed by atoms with Gasteiger partial charge >= 0.3 is 0 Å². The van der Waals surface area contributed by atoms with E-state index in [-0.39, 0.29) is 12.9 Å². The van der Waals surface area contributed by atoms with E-state index in [1.165, 1.54) is 0 Å². The van der Waals surface area contributed by atoms with E-state index in [0.29, 0.717) is 6.61 Å². The second-order valence-corrected chi connectivity index (χ2v) is 2.60. The lowest BCUT2D eigenvalue weighted by molar-refractivity contribution is -0.123. The number of aliphatic hydroxyl groups excluding tert-OH is 1. The average Bonchev–Trinajstić information content (AvgIpc) is 2.22. The van der Waals surface area contributed by atoms with Gasteiger partial charge in [-0.15, -0.1) is 6.58 Å². The molecule has 0 aliphatic heterocycles. The molecule has 0 spiro atoms. The Morgan fingerprint density at radius 2 is 1.62 bits per heavy atom. The summed E-state index contributed by atoms with van der Waals surface area (Å²) in [5, 5.41) is 7.94. The van der Waals surface area contributed by atoms with E-state index < -0.39 is 0 Å². The summed E-state index contributed by atoms with van der Waals surface area (Å²) in [7, 11) is 1.55. The quantitative estimate of drug-likeness (QED) is 0.567. The first kappa shape index (κ1) is 20.9. The summed E-state index contributed by atoms with van der Waals surface area (Å²) in [6.07, 6.45) is 1.71. The van der Waals surface area contributed by atoms with Crippen LogP contribution >= 0.6 is 0 Å². The Morgan fingerprint density at radius 3 is 1.75 bits per heavy atom. The molecule has 0 saturated carbocycles. The maximum absolute atomic E-state index is 7.94. The zero-order chi connectivity index (χ0) is 13.2. The standard InChI is InChI=1S/C6H14O2.C3H8O2.C3H6/c1-4-7-6(3)8-5-2;1-5-3-2-4;1-3-2/h6H,4-5H2,1-3H3;4H,2-3H2,1H3;3H,1H2,2H3. The number of hydrogen-bond acceptors (Lipinski definition) is 4. The van der Waals surface area contributed by atoms with Crippen molar-refractivity contribution in [1.82, 2.24) is 0 Å². The van der Waals surface area contributed by atoms with Crippen LogP contribution in [0.4, 0.5) is 0 Å². The van der Waals surface area contributed by atoms with Crippen LogP contribution in [0.3, 0.4) is 0 Å². The highest BCUT2D eigenvalue weighted by Gasteiger charge is 1.94. The Labute approximate surface area is 100 Å². The summed E-state index contributed by atoms with van der Waals surface area (Å²) in [4.78, 5) is 0. The van der Waals surface area contributed by atoms with E-state index >= 15 is 0 Å². The van der Waals surface area contributed by atoms with E-state index in [4.69, 9.17) is 14.6 Å².